The summed E-state index contributed by atoms with van der Waals surface area (Å²) in [5.41, 5.74) is 0.685. The van der Waals surface area contributed by atoms with Gasteiger partial charge in [-0.15, -0.1) is 0 Å². The molecule has 0 aliphatic carbocycles. The van der Waals surface area contributed by atoms with Gasteiger partial charge < -0.3 is 10.6 Å². The second-order valence-electron chi connectivity index (χ2n) is 5.60. The van der Waals surface area contributed by atoms with Crippen LogP contribution in [0.5, 0.6) is 0 Å². The van der Waals surface area contributed by atoms with Gasteiger partial charge in [0, 0.05) is 12.1 Å². The summed E-state index contributed by atoms with van der Waals surface area (Å²) >= 11 is 0. The number of hydrogen-bond donors (Lipinski definition) is 3. The highest BCUT2D eigenvalue weighted by atomic mass is 32.2. The highest BCUT2D eigenvalue weighted by Gasteiger charge is 2.11. The third kappa shape index (κ3) is 6.12. The predicted octanol–water partition coefficient (Wildman–Crippen LogP) is 0.701. The van der Waals surface area contributed by atoms with Crippen LogP contribution in [0, 0.1) is 11.6 Å². The number of primary sulfonamides is 1. The number of nitrogens with one attached hydrogen (secondary N) is 2. The average molecular weight is 397 g/mol. The monoisotopic (exact) mass is 397 g/mol. The molecule has 0 saturated heterocycles. The van der Waals surface area contributed by atoms with E-state index in [1.807, 2.05) is 0 Å². The van der Waals surface area contributed by atoms with Crippen molar-refractivity contribution in [3.05, 3.63) is 65.2 Å². The standard InChI is InChI=1S/C17H17F2N3O4S/c18-14-6-3-12(9-15(14)19)17(24)22-10-16(23)21-8-7-11-1-4-13(5-2-11)27(20,25)26/h1-6,9H,7-8,10H2,(H,21,23)(H,22,24)(H2,20,25,26). The summed E-state index contributed by atoms with van der Waals surface area (Å²) in [6.45, 7) is -0.0726. The second-order valence-corrected chi connectivity index (χ2v) is 7.16. The Morgan fingerprint density at radius 2 is 1.63 bits per heavy atom. The first-order valence-electron chi connectivity index (χ1n) is 7.78. The van der Waals surface area contributed by atoms with Crippen LogP contribution in [0.3, 0.4) is 0 Å². The lowest BCUT2D eigenvalue weighted by Gasteiger charge is -2.08. The minimum Gasteiger partial charge on any atom is -0.354 e. The molecular weight excluding hydrogens is 380 g/mol. The lowest BCUT2D eigenvalue weighted by molar-refractivity contribution is -0.120. The van der Waals surface area contributed by atoms with Crippen molar-refractivity contribution < 1.29 is 26.8 Å². The van der Waals surface area contributed by atoms with Crippen LogP contribution in [0.15, 0.2) is 47.4 Å². The smallest absolute Gasteiger partial charge is 0.251 e. The van der Waals surface area contributed by atoms with E-state index in [9.17, 15) is 26.8 Å². The molecule has 0 fully saturated rings. The number of benzene rings is 2. The molecule has 0 unspecified atom stereocenters. The Balaban J connectivity index is 1.76. The van der Waals surface area contributed by atoms with Crippen molar-refractivity contribution in [2.75, 3.05) is 13.1 Å². The molecule has 7 nitrogen and oxygen atoms in total. The van der Waals surface area contributed by atoms with Crippen LogP contribution in [0.2, 0.25) is 0 Å². The summed E-state index contributed by atoms with van der Waals surface area (Å²) in [6, 6.07) is 8.58. The summed E-state index contributed by atoms with van der Waals surface area (Å²) in [5, 5.41) is 9.87. The van der Waals surface area contributed by atoms with E-state index in [4.69, 9.17) is 5.14 Å². The number of carbonyl (C=O) groups is 2. The van der Waals surface area contributed by atoms with Gasteiger partial charge in [0.15, 0.2) is 11.6 Å². The molecule has 4 N–H and O–H groups in total. The molecule has 0 saturated carbocycles. The average Bonchev–Trinajstić information content (AvgIpc) is 2.61. The molecular formula is C17H17F2N3O4S. The molecule has 0 aliphatic heterocycles. The summed E-state index contributed by atoms with van der Waals surface area (Å²) < 4.78 is 48.2. The van der Waals surface area contributed by atoms with E-state index in [1.54, 1.807) is 12.1 Å². The molecule has 2 aromatic carbocycles. The van der Waals surface area contributed by atoms with Crippen LogP contribution in [-0.2, 0) is 21.2 Å². The van der Waals surface area contributed by atoms with Gasteiger partial charge in [-0.3, -0.25) is 9.59 Å². The topological polar surface area (TPSA) is 118 Å². The van der Waals surface area contributed by atoms with Gasteiger partial charge in [0.1, 0.15) is 0 Å². The Hall–Kier alpha value is -2.85. The largest absolute Gasteiger partial charge is 0.354 e. The summed E-state index contributed by atoms with van der Waals surface area (Å²) in [5.74, 6) is -3.39. The number of sulfonamides is 1. The van der Waals surface area contributed by atoms with Crippen molar-refractivity contribution in [3.63, 3.8) is 0 Å². The number of carbonyl (C=O) groups excluding carboxylic acids is 2. The summed E-state index contributed by atoms with van der Waals surface area (Å²) in [7, 11) is -3.75. The van der Waals surface area contributed by atoms with E-state index in [0.717, 1.165) is 23.8 Å². The highest BCUT2D eigenvalue weighted by molar-refractivity contribution is 7.89. The quantitative estimate of drug-likeness (QED) is 0.637. The fraction of sp³-hybridized carbons (Fsp3) is 0.176. The van der Waals surface area contributed by atoms with Crippen molar-refractivity contribution >= 4 is 21.8 Å². The Morgan fingerprint density at radius 1 is 0.963 bits per heavy atom. The van der Waals surface area contributed by atoms with Gasteiger partial charge in [0.05, 0.1) is 11.4 Å². The van der Waals surface area contributed by atoms with Gasteiger partial charge in [0.2, 0.25) is 15.9 Å². The number of halogens is 2. The normalized spacial score (nSPS) is 11.1. The van der Waals surface area contributed by atoms with Gasteiger partial charge >= 0.3 is 0 Å². The van der Waals surface area contributed by atoms with E-state index < -0.39 is 33.5 Å². The van der Waals surface area contributed by atoms with E-state index in [-0.39, 0.29) is 23.5 Å². The lowest BCUT2D eigenvalue weighted by atomic mass is 10.1. The van der Waals surface area contributed by atoms with Crippen molar-refractivity contribution in [3.8, 4) is 0 Å². The van der Waals surface area contributed by atoms with E-state index in [0.29, 0.717) is 6.42 Å². The minimum atomic E-state index is -3.75. The first kappa shape index (κ1) is 20.5. The molecule has 0 atom stereocenters. The van der Waals surface area contributed by atoms with Crippen molar-refractivity contribution in [1.29, 1.82) is 0 Å². The molecule has 10 heteroatoms. The zero-order valence-electron chi connectivity index (χ0n) is 14.0. The third-order valence-electron chi connectivity index (χ3n) is 3.58. The molecule has 144 valence electrons. The van der Waals surface area contributed by atoms with Crippen LogP contribution < -0.4 is 15.8 Å². The van der Waals surface area contributed by atoms with E-state index >= 15 is 0 Å². The number of hydrogen-bond acceptors (Lipinski definition) is 4. The fourth-order valence-corrected chi connectivity index (χ4v) is 2.67. The van der Waals surface area contributed by atoms with Crippen LogP contribution in [-0.4, -0.2) is 33.3 Å². The molecule has 0 aliphatic rings. The Morgan fingerprint density at radius 3 is 2.22 bits per heavy atom. The molecule has 0 spiro atoms. The molecule has 0 bridgehead atoms. The van der Waals surface area contributed by atoms with E-state index in [2.05, 4.69) is 10.6 Å². The van der Waals surface area contributed by atoms with Crippen LogP contribution in [0.4, 0.5) is 8.78 Å². The number of amides is 2. The third-order valence-corrected chi connectivity index (χ3v) is 4.51. The highest BCUT2D eigenvalue weighted by Crippen LogP contribution is 2.09. The van der Waals surface area contributed by atoms with Gasteiger partial charge in [-0.25, -0.2) is 22.3 Å². The van der Waals surface area contributed by atoms with Gasteiger partial charge in [0.25, 0.3) is 5.91 Å². The zero-order chi connectivity index (χ0) is 20.0. The summed E-state index contributed by atoms with van der Waals surface area (Å²) in [6.07, 6.45) is 0.438. The number of rotatable bonds is 7. The van der Waals surface area contributed by atoms with Crippen LogP contribution in [0.25, 0.3) is 0 Å². The fourth-order valence-electron chi connectivity index (χ4n) is 2.15. The van der Waals surface area contributed by atoms with Gasteiger partial charge in [-0.05, 0) is 42.3 Å². The predicted molar refractivity (Wildman–Crippen MR) is 93.2 cm³/mol. The molecule has 0 heterocycles. The maximum Gasteiger partial charge on any atom is 0.251 e. The molecule has 0 aromatic heterocycles. The van der Waals surface area contributed by atoms with Crippen molar-refractivity contribution in [2.24, 2.45) is 5.14 Å². The maximum atomic E-state index is 13.1. The van der Waals surface area contributed by atoms with Crippen LogP contribution >= 0.6 is 0 Å². The maximum absolute atomic E-state index is 13.1. The molecule has 2 amide bonds. The second kappa shape index (κ2) is 8.69. The molecule has 27 heavy (non-hydrogen) atoms. The zero-order valence-corrected chi connectivity index (χ0v) is 14.9. The first-order chi connectivity index (χ1) is 12.7. The molecule has 2 aromatic rings. The van der Waals surface area contributed by atoms with Crippen molar-refractivity contribution in [2.45, 2.75) is 11.3 Å². The van der Waals surface area contributed by atoms with E-state index in [1.165, 1.54) is 12.1 Å². The van der Waals surface area contributed by atoms with Gasteiger partial charge in [-0.2, -0.15) is 0 Å². The molecule has 0 radical (unpaired) electrons. The Kier molecular flexibility index (Phi) is 6.59. The Labute approximate surface area is 154 Å². The SMILES string of the molecule is NS(=O)(=O)c1ccc(CCNC(=O)CNC(=O)c2ccc(F)c(F)c2)cc1. The van der Waals surface area contributed by atoms with Gasteiger partial charge in [-0.1, -0.05) is 12.1 Å². The number of nitrogens with two attached hydrogens (primary N) is 1. The minimum absolute atomic E-state index is 0.00442. The lowest BCUT2D eigenvalue weighted by Crippen LogP contribution is -2.37. The molecule has 2 rings (SSSR count). The first-order valence-corrected chi connectivity index (χ1v) is 9.33. The Bertz CT molecular complexity index is 947. The van der Waals surface area contributed by atoms with Crippen molar-refractivity contribution in [1.82, 2.24) is 10.6 Å². The van der Waals surface area contributed by atoms with Crippen LogP contribution in [0.1, 0.15) is 15.9 Å². The summed E-state index contributed by atoms with van der Waals surface area (Å²) in [4.78, 5) is 23.5.